The van der Waals surface area contributed by atoms with Crippen LogP contribution in [0.25, 0.3) is 0 Å². The molecule has 1 rings (SSSR count). The van der Waals surface area contributed by atoms with Crippen molar-refractivity contribution in [1.82, 2.24) is 5.06 Å². The quantitative estimate of drug-likeness (QED) is 0.692. The summed E-state index contributed by atoms with van der Waals surface area (Å²) in [4.78, 5) is 16.8. The highest BCUT2D eigenvalue weighted by Gasteiger charge is 2.40. The minimum absolute atomic E-state index is 0.0699. The standard InChI is InChI=1S/C10H19NO3/c1-11(14-2)9(13)10(8-12)6-4-3-5-7-10/h12H,3-8H2,1-2H3. The highest BCUT2D eigenvalue weighted by Crippen LogP contribution is 2.37. The molecule has 0 aromatic rings. The van der Waals surface area contributed by atoms with E-state index in [9.17, 15) is 9.90 Å². The van der Waals surface area contributed by atoms with Gasteiger partial charge in [0.2, 0.25) is 0 Å². The van der Waals surface area contributed by atoms with E-state index in [0.29, 0.717) is 0 Å². The number of aliphatic hydroxyl groups excluding tert-OH is 1. The maximum atomic E-state index is 11.9. The number of carbonyl (C=O) groups is 1. The molecule has 82 valence electrons. The van der Waals surface area contributed by atoms with Crippen molar-refractivity contribution in [3.05, 3.63) is 0 Å². The predicted octanol–water partition coefficient (Wildman–Crippen LogP) is 0.949. The van der Waals surface area contributed by atoms with Crippen LogP contribution >= 0.6 is 0 Å². The Labute approximate surface area is 84.8 Å². The van der Waals surface area contributed by atoms with Crippen molar-refractivity contribution in [2.75, 3.05) is 20.8 Å². The molecule has 0 aromatic heterocycles. The molecule has 1 amide bonds. The summed E-state index contributed by atoms with van der Waals surface area (Å²) in [6.45, 7) is -0.0699. The van der Waals surface area contributed by atoms with Crippen molar-refractivity contribution in [1.29, 1.82) is 0 Å². The first-order chi connectivity index (χ1) is 6.66. The van der Waals surface area contributed by atoms with Gasteiger partial charge in [-0.1, -0.05) is 19.3 Å². The fourth-order valence-electron chi connectivity index (χ4n) is 2.09. The Morgan fingerprint density at radius 1 is 1.43 bits per heavy atom. The lowest BCUT2D eigenvalue weighted by Gasteiger charge is -2.36. The number of aliphatic hydroxyl groups is 1. The summed E-state index contributed by atoms with van der Waals surface area (Å²) < 4.78 is 0. The van der Waals surface area contributed by atoms with Crippen LogP contribution in [0.15, 0.2) is 0 Å². The molecule has 0 unspecified atom stereocenters. The Hall–Kier alpha value is -0.610. The molecule has 0 aliphatic heterocycles. The molecular formula is C10H19NO3. The Morgan fingerprint density at radius 2 is 2.00 bits per heavy atom. The minimum atomic E-state index is -0.580. The van der Waals surface area contributed by atoms with Crippen LogP contribution in [0.3, 0.4) is 0 Å². The van der Waals surface area contributed by atoms with Crippen LogP contribution in [0.2, 0.25) is 0 Å². The molecule has 0 heterocycles. The van der Waals surface area contributed by atoms with Crippen molar-refractivity contribution >= 4 is 5.91 Å². The predicted molar refractivity (Wildman–Crippen MR) is 52.4 cm³/mol. The van der Waals surface area contributed by atoms with E-state index in [2.05, 4.69) is 0 Å². The average Bonchev–Trinajstić information content (AvgIpc) is 2.28. The molecule has 1 saturated carbocycles. The molecule has 1 aliphatic rings. The third-order valence-electron chi connectivity index (χ3n) is 3.13. The molecular weight excluding hydrogens is 182 g/mol. The molecule has 0 spiro atoms. The summed E-state index contributed by atoms with van der Waals surface area (Å²) in [7, 11) is 3.06. The summed E-state index contributed by atoms with van der Waals surface area (Å²) in [6.07, 6.45) is 4.74. The Bertz CT molecular complexity index is 200. The fourth-order valence-corrected chi connectivity index (χ4v) is 2.09. The SMILES string of the molecule is CON(C)C(=O)C1(CO)CCCCC1. The van der Waals surface area contributed by atoms with Crippen LogP contribution in [0.4, 0.5) is 0 Å². The van der Waals surface area contributed by atoms with Crippen LogP contribution in [0, 0.1) is 5.41 Å². The van der Waals surface area contributed by atoms with E-state index in [1.165, 1.54) is 12.2 Å². The highest BCUT2D eigenvalue weighted by atomic mass is 16.7. The molecule has 0 saturated heterocycles. The van der Waals surface area contributed by atoms with E-state index in [4.69, 9.17) is 4.84 Å². The number of carbonyl (C=O) groups excluding carboxylic acids is 1. The van der Waals surface area contributed by atoms with Crippen LogP contribution < -0.4 is 0 Å². The lowest BCUT2D eigenvalue weighted by Crippen LogP contribution is -2.45. The van der Waals surface area contributed by atoms with Crippen molar-refractivity contribution < 1.29 is 14.7 Å². The first-order valence-electron chi connectivity index (χ1n) is 5.09. The Kier molecular flexibility index (Phi) is 3.89. The van der Waals surface area contributed by atoms with Crippen molar-refractivity contribution in [2.24, 2.45) is 5.41 Å². The van der Waals surface area contributed by atoms with E-state index in [-0.39, 0.29) is 12.5 Å². The van der Waals surface area contributed by atoms with Crippen LogP contribution in [0.1, 0.15) is 32.1 Å². The summed E-state index contributed by atoms with van der Waals surface area (Å²) >= 11 is 0. The highest BCUT2D eigenvalue weighted by molar-refractivity contribution is 5.81. The first kappa shape index (κ1) is 11.5. The molecule has 0 atom stereocenters. The van der Waals surface area contributed by atoms with Gasteiger partial charge in [-0.05, 0) is 12.8 Å². The first-order valence-corrected chi connectivity index (χ1v) is 5.09. The van der Waals surface area contributed by atoms with Gasteiger partial charge in [0.15, 0.2) is 0 Å². The lowest BCUT2D eigenvalue weighted by molar-refractivity contribution is -0.185. The molecule has 1 aliphatic carbocycles. The smallest absolute Gasteiger partial charge is 0.254 e. The number of rotatable bonds is 3. The number of hydrogen-bond donors (Lipinski definition) is 1. The molecule has 0 bridgehead atoms. The average molecular weight is 201 g/mol. The second kappa shape index (κ2) is 4.75. The third kappa shape index (κ3) is 2.07. The van der Waals surface area contributed by atoms with Gasteiger partial charge in [0, 0.05) is 7.05 Å². The number of hydrogen-bond acceptors (Lipinski definition) is 3. The largest absolute Gasteiger partial charge is 0.395 e. The van der Waals surface area contributed by atoms with Gasteiger partial charge in [0.05, 0.1) is 19.1 Å². The summed E-state index contributed by atoms with van der Waals surface area (Å²) in [6, 6.07) is 0. The van der Waals surface area contributed by atoms with Crippen LogP contribution in [0.5, 0.6) is 0 Å². The third-order valence-corrected chi connectivity index (χ3v) is 3.13. The number of amides is 1. The Morgan fingerprint density at radius 3 is 2.43 bits per heavy atom. The van der Waals surface area contributed by atoms with Crippen molar-refractivity contribution in [3.63, 3.8) is 0 Å². The van der Waals surface area contributed by atoms with E-state index in [1.54, 1.807) is 7.05 Å². The van der Waals surface area contributed by atoms with Crippen LogP contribution in [-0.4, -0.2) is 36.8 Å². The van der Waals surface area contributed by atoms with E-state index >= 15 is 0 Å². The maximum Gasteiger partial charge on any atom is 0.254 e. The van der Waals surface area contributed by atoms with E-state index in [1.807, 2.05) is 0 Å². The molecule has 4 heteroatoms. The summed E-state index contributed by atoms with van der Waals surface area (Å²) in [5, 5.41) is 10.6. The van der Waals surface area contributed by atoms with Gasteiger partial charge in [-0.3, -0.25) is 9.63 Å². The number of hydroxylamine groups is 2. The normalized spacial score (nSPS) is 20.5. The molecule has 4 nitrogen and oxygen atoms in total. The molecule has 14 heavy (non-hydrogen) atoms. The monoisotopic (exact) mass is 201 g/mol. The maximum absolute atomic E-state index is 11.9. The second-order valence-electron chi connectivity index (χ2n) is 3.98. The fraction of sp³-hybridized carbons (Fsp3) is 0.900. The summed E-state index contributed by atoms with van der Waals surface area (Å²) in [5.74, 6) is -0.0952. The van der Waals surface area contributed by atoms with E-state index < -0.39 is 5.41 Å². The van der Waals surface area contributed by atoms with Gasteiger partial charge in [-0.2, -0.15) is 0 Å². The van der Waals surface area contributed by atoms with Crippen molar-refractivity contribution in [2.45, 2.75) is 32.1 Å². The molecule has 1 N–H and O–H groups in total. The van der Waals surface area contributed by atoms with Gasteiger partial charge in [0.25, 0.3) is 5.91 Å². The zero-order valence-corrected chi connectivity index (χ0v) is 8.95. The lowest BCUT2D eigenvalue weighted by atomic mass is 9.74. The van der Waals surface area contributed by atoms with E-state index in [0.717, 1.165) is 32.1 Å². The van der Waals surface area contributed by atoms with Gasteiger partial charge < -0.3 is 5.11 Å². The topological polar surface area (TPSA) is 49.8 Å². The van der Waals surface area contributed by atoms with Gasteiger partial charge >= 0.3 is 0 Å². The van der Waals surface area contributed by atoms with Crippen LogP contribution in [-0.2, 0) is 9.63 Å². The Balaban J connectivity index is 2.72. The number of nitrogens with zero attached hydrogens (tertiary/aromatic N) is 1. The van der Waals surface area contributed by atoms with Crippen molar-refractivity contribution in [3.8, 4) is 0 Å². The van der Waals surface area contributed by atoms with Gasteiger partial charge in [-0.25, -0.2) is 5.06 Å². The minimum Gasteiger partial charge on any atom is -0.395 e. The second-order valence-corrected chi connectivity index (χ2v) is 3.98. The molecule has 1 fully saturated rings. The van der Waals surface area contributed by atoms with Gasteiger partial charge in [-0.15, -0.1) is 0 Å². The van der Waals surface area contributed by atoms with Gasteiger partial charge in [0.1, 0.15) is 0 Å². The summed E-state index contributed by atoms with van der Waals surface area (Å²) in [5.41, 5.74) is -0.580. The zero-order valence-electron chi connectivity index (χ0n) is 8.95. The molecule has 0 aromatic carbocycles. The molecule has 0 radical (unpaired) electrons. The zero-order chi connectivity index (χ0) is 10.6.